The highest BCUT2D eigenvalue weighted by Crippen LogP contribution is 2.21. The van der Waals surface area contributed by atoms with Crippen molar-refractivity contribution in [1.29, 1.82) is 0 Å². The third-order valence-corrected chi connectivity index (χ3v) is 2.42. The molecular formula is C14H10FNO3. The van der Waals surface area contributed by atoms with Gasteiger partial charge in [0.2, 0.25) is 0 Å². The monoisotopic (exact) mass is 259 g/mol. The number of benzene rings is 1. The number of ketones is 1. The van der Waals surface area contributed by atoms with E-state index in [2.05, 4.69) is 4.98 Å². The number of pyridine rings is 1. The van der Waals surface area contributed by atoms with Crippen LogP contribution in [0.2, 0.25) is 0 Å². The van der Waals surface area contributed by atoms with Crippen LogP contribution in [0.5, 0.6) is 5.75 Å². The first-order valence-electron chi connectivity index (χ1n) is 5.50. The van der Waals surface area contributed by atoms with Crippen molar-refractivity contribution in [2.24, 2.45) is 0 Å². The summed E-state index contributed by atoms with van der Waals surface area (Å²) in [5.41, 5.74) is 0.276. The van der Waals surface area contributed by atoms with E-state index in [1.807, 2.05) is 0 Å². The molecule has 0 saturated carbocycles. The Bertz CT molecular complexity index is 626. The summed E-state index contributed by atoms with van der Waals surface area (Å²) in [6.45, 7) is 1.27. The number of carbonyl (C=O) groups excluding carboxylic acids is 2. The van der Waals surface area contributed by atoms with Crippen LogP contribution in [0.4, 0.5) is 4.39 Å². The van der Waals surface area contributed by atoms with Gasteiger partial charge in [-0.15, -0.1) is 0 Å². The number of esters is 1. The number of nitrogens with zero attached hydrogens (tertiary/aromatic N) is 1. The van der Waals surface area contributed by atoms with Crippen LogP contribution >= 0.6 is 0 Å². The number of halogens is 1. The second-order valence-corrected chi connectivity index (χ2v) is 3.83. The molecule has 0 radical (unpaired) electrons. The lowest BCUT2D eigenvalue weighted by Gasteiger charge is -2.07. The average molecular weight is 259 g/mol. The SMILES string of the molecule is CC(=O)c1cc(F)ccc1OC(=O)c1cccnc1. The number of aromatic nitrogens is 1. The van der Waals surface area contributed by atoms with Crippen LogP contribution in [-0.4, -0.2) is 16.7 Å². The summed E-state index contributed by atoms with van der Waals surface area (Å²) in [7, 11) is 0. The highest BCUT2D eigenvalue weighted by Gasteiger charge is 2.14. The predicted octanol–water partition coefficient (Wildman–Crippen LogP) is 2.64. The first-order valence-corrected chi connectivity index (χ1v) is 5.50. The Morgan fingerprint density at radius 3 is 2.68 bits per heavy atom. The Labute approximate surface area is 108 Å². The quantitative estimate of drug-likeness (QED) is 0.483. The molecule has 2 rings (SSSR count). The molecule has 0 aliphatic carbocycles. The summed E-state index contributed by atoms with van der Waals surface area (Å²) in [6.07, 6.45) is 2.87. The van der Waals surface area contributed by atoms with E-state index in [9.17, 15) is 14.0 Å². The molecule has 0 bridgehead atoms. The summed E-state index contributed by atoms with van der Waals surface area (Å²) in [5, 5.41) is 0. The fourth-order valence-corrected chi connectivity index (χ4v) is 1.51. The molecule has 0 fully saturated rings. The van der Waals surface area contributed by atoms with E-state index in [-0.39, 0.29) is 22.7 Å². The minimum absolute atomic E-state index is 0.0252. The van der Waals surface area contributed by atoms with E-state index >= 15 is 0 Å². The van der Waals surface area contributed by atoms with Gasteiger partial charge < -0.3 is 4.74 Å². The van der Waals surface area contributed by atoms with Gasteiger partial charge >= 0.3 is 5.97 Å². The predicted molar refractivity (Wildman–Crippen MR) is 65.6 cm³/mol. The van der Waals surface area contributed by atoms with E-state index in [1.54, 1.807) is 6.07 Å². The molecule has 19 heavy (non-hydrogen) atoms. The van der Waals surface area contributed by atoms with Crippen molar-refractivity contribution in [2.75, 3.05) is 0 Å². The second-order valence-electron chi connectivity index (χ2n) is 3.83. The van der Waals surface area contributed by atoms with E-state index in [1.165, 1.54) is 31.5 Å². The molecule has 0 saturated heterocycles. The number of Topliss-reactive ketones (excluding diaryl/α,β-unsaturated/α-hetero) is 1. The maximum absolute atomic E-state index is 13.1. The summed E-state index contributed by atoms with van der Waals surface area (Å²) in [4.78, 5) is 27.0. The Balaban J connectivity index is 2.29. The zero-order valence-electron chi connectivity index (χ0n) is 10.1. The van der Waals surface area contributed by atoms with Gasteiger partial charge in [0.1, 0.15) is 11.6 Å². The fraction of sp³-hybridized carbons (Fsp3) is 0.0714. The molecule has 0 unspecified atom stereocenters. The number of carbonyl (C=O) groups is 2. The van der Waals surface area contributed by atoms with Gasteiger partial charge in [-0.25, -0.2) is 9.18 Å². The van der Waals surface area contributed by atoms with Gasteiger partial charge in [0.15, 0.2) is 5.78 Å². The lowest BCUT2D eigenvalue weighted by atomic mass is 10.1. The molecule has 1 aromatic heterocycles. The van der Waals surface area contributed by atoms with Crippen LogP contribution in [0.25, 0.3) is 0 Å². The van der Waals surface area contributed by atoms with Crippen LogP contribution in [0.3, 0.4) is 0 Å². The van der Waals surface area contributed by atoms with Gasteiger partial charge in [0.05, 0.1) is 11.1 Å². The molecule has 0 aliphatic heterocycles. The standard InChI is InChI=1S/C14H10FNO3/c1-9(17)12-7-11(15)4-5-13(12)19-14(18)10-3-2-6-16-8-10/h2-8H,1H3. The molecule has 5 heteroatoms. The molecule has 0 spiro atoms. The van der Waals surface area contributed by atoms with Crippen molar-refractivity contribution < 1.29 is 18.7 Å². The van der Waals surface area contributed by atoms with E-state index in [0.717, 1.165) is 12.1 Å². The van der Waals surface area contributed by atoms with Crippen molar-refractivity contribution in [3.05, 3.63) is 59.7 Å². The number of ether oxygens (including phenoxy) is 1. The maximum Gasteiger partial charge on any atom is 0.345 e. The molecule has 0 N–H and O–H groups in total. The lowest BCUT2D eigenvalue weighted by Crippen LogP contribution is -2.11. The van der Waals surface area contributed by atoms with Gasteiger partial charge in [-0.1, -0.05) is 0 Å². The van der Waals surface area contributed by atoms with Gasteiger partial charge in [0, 0.05) is 12.4 Å². The van der Waals surface area contributed by atoms with Crippen LogP contribution < -0.4 is 4.74 Å². The zero-order valence-corrected chi connectivity index (χ0v) is 10.1. The Morgan fingerprint density at radius 1 is 1.26 bits per heavy atom. The molecular weight excluding hydrogens is 249 g/mol. The maximum atomic E-state index is 13.1. The van der Waals surface area contributed by atoms with Crippen LogP contribution in [0.1, 0.15) is 27.6 Å². The highest BCUT2D eigenvalue weighted by molar-refractivity contribution is 5.98. The Kier molecular flexibility index (Phi) is 3.66. The third-order valence-electron chi connectivity index (χ3n) is 2.42. The zero-order chi connectivity index (χ0) is 13.8. The normalized spacial score (nSPS) is 10.0. The topological polar surface area (TPSA) is 56.3 Å². The molecule has 1 heterocycles. The smallest absolute Gasteiger partial charge is 0.345 e. The minimum atomic E-state index is -0.651. The molecule has 1 aromatic carbocycles. The van der Waals surface area contributed by atoms with Gasteiger partial charge in [-0.2, -0.15) is 0 Å². The highest BCUT2D eigenvalue weighted by atomic mass is 19.1. The second kappa shape index (κ2) is 5.39. The van der Waals surface area contributed by atoms with Crippen molar-refractivity contribution in [3.8, 4) is 5.75 Å². The van der Waals surface area contributed by atoms with Crippen molar-refractivity contribution >= 4 is 11.8 Å². The largest absolute Gasteiger partial charge is 0.422 e. The summed E-state index contributed by atoms with van der Waals surface area (Å²) in [6, 6.07) is 6.53. The number of hydrogen-bond donors (Lipinski definition) is 0. The Morgan fingerprint density at radius 2 is 2.05 bits per heavy atom. The Hall–Kier alpha value is -2.56. The van der Waals surface area contributed by atoms with Crippen molar-refractivity contribution in [2.45, 2.75) is 6.92 Å². The molecule has 0 aliphatic rings. The summed E-state index contributed by atoms with van der Waals surface area (Å²) in [5.74, 6) is -1.56. The van der Waals surface area contributed by atoms with Crippen LogP contribution in [-0.2, 0) is 0 Å². The molecule has 0 atom stereocenters. The molecule has 2 aromatic rings. The van der Waals surface area contributed by atoms with Gasteiger partial charge in [-0.05, 0) is 37.3 Å². The fourth-order valence-electron chi connectivity index (χ4n) is 1.51. The first-order chi connectivity index (χ1) is 9.08. The first kappa shape index (κ1) is 12.9. The van der Waals surface area contributed by atoms with Crippen molar-refractivity contribution in [3.63, 3.8) is 0 Å². The summed E-state index contributed by atoms with van der Waals surface area (Å²) < 4.78 is 18.1. The third kappa shape index (κ3) is 3.01. The number of hydrogen-bond acceptors (Lipinski definition) is 4. The lowest BCUT2D eigenvalue weighted by molar-refractivity contribution is 0.0732. The molecule has 0 amide bonds. The summed E-state index contributed by atoms with van der Waals surface area (Å²) >= 11 is 0. The molecule has 4 nitrogen and oxygen atoms in total. The average Bonchev–Trinajstić information content (AvgIpc) is 2.41. The van der Waals surface area contributed by atoms with Gasteiger partial charge in [-0.3, -0.25) is 9.78 Å². The van der Waals surface area contributed by atoms with E-state index in [0.29, 0.717) is 0 Å². The van der Waals surface area contributed by atoms with Crippen LogP contribution in [0.15, 0.2) is 42.7 Å². The number of rotatable bonds is 3. The van der Waals surface area contributed by atoms with Gasteiger partial charge in [0.25, 0.3) is 0 Å². The minimum Gasteiger partial charge on any atom is -0.422 e. The van der Waals surface area contributed by atoms with Crippen molar-refractivity contribution in [1.82, 2.24) is 4.98 Å². The van der Waals surface area contributed by atoms with E-state index < -0.39 is 11.8 Å². The van der Waals surface area contributed by atoms with Crippen LogP contribution in [0, 0.1) is 5.82 Å². The van der Waals surface area contributed by atoms with E-state index in [4.69, 9.17) is 4.74 Å². The molecule has 96 valence electrons.